The Morgan fingerprint density at radius 3 is 2.85 bits per heavy atom. The van der Waals surface area contributed by atoms with E-state index in [1.807, 2.05) is 0 Å². The minimum atomic E-state index is -0.423. The molecule has 0 saturated carbocycles. The number of aromatic nitrogens is 2. The lowest BCUT2D eigenvalue weighted by Crippen LogP contribution is -1.87. The van der Waals surface area contributed by atoms with Crippen LogP contribution in [0.25, 0.3) is 10.9 Å². The van der Waals surface area contributed by atoms with Crippen LogP contribution in [-0.2, 0) is 0 Å². The second-order valence-electron chi connectivity index (χ2n) is 2.45. The molecule has 0 aromatic carbocycles. The molecule has 2 heterocycles. The number of fused-ring (bicyclic) bond motifs is 1. The minimum Gasteiger partial charge on any atom is -0.252 e. The zero-order chi connectivity index (χ0) is 9.42. The zero-order valence-corrected chi connectivity index (χ0v) is 8.60. The topological polar surface area (TPSA) is 25.8 Å². The van der Waals surface area contributed by atoms with E-state index in [9.17, 15) is 4.39 Å². The molecular formula is C8H3BrClFN2. The highest BCUT2D eigenvalue weighted by Crippen LogP contribution is 2.24. The van der Waals surface area contributed by atoms with Crippen LogP contribution in [0.4, 0.5) is 4.39 Å². The van der Waals surface area contributed by atoms with Gasteiger partial charge >= 0.3 is 0 Å². The fourth-order valence-corrected chi connectivity index (χ4v) is 1.61. The highest BCUT2D eigenvalue weighted by atomic mass is 79.9. The Morgan fingerprint density at radius 1 is 1.31 bits per heavy atom. The molecular weight excluding hydrogens is 258 g/mol. The first-order valence-corrected chi connectivity index (χ1v) is 4.61. The maximum absolute atomic E-state index is 13.2. The largest absolute Gasteiger partial charge is 0.252 e. The van der Waals surface area contributed by atoms with Crippen molar-refractivity contribution in [2.24, 2.45) is 0 Å². The van der Waals surface area contributed by atoms with E-state index in [1.54, 1.807) is 0 Å². The van der Waals surface area contributed by atoms with Gasteiger partial charge in [0, 0.05) is 11.6 Å². The molecule has 0 amide bonds. The van der Waals surface area contributed by atoms with Crippen LogP contribution >= 0.6 is 27.5 Å². The normalized spacial score (nSPS) is 10.7. The first-order valence-electron chi connectivity index (χ1n) is 3.44. The molecule has 0 radical (unpaired) electrons. The van der Waals surface area contributed by atoms with Gasteiger partial charge in [0.25, 0.3) is 0 Å². The highest BCUT2D eigenvalue weighted by molar-refractivity contribution is 9.10. The van der Waals surface area contributed by atoms with Crippen LogP contribution in [-0.4, -0.2) is 9.97 Å². The van der Waals surface area contributed by atoms with Gasteiger partial charge < -0.3 is 0 Å². The summed E-state index contributed by atoms with van der Waals surface area (Å²) < 4.78 is 13.7. The molecule has 66 valence electrons. The number of hydrogen-bond donors (Lipinski definition) is 0. The SMILES string of the molecule is Fc1cnc(Br)c2ncc(Cl)cc12. The fourth-order valence-electron chi connectivity index (χ4n) is 1.03. The van der Waals surface area contributed by atoms with Gasteiger partial charge in [-0.1, -0.05) is 11.6 Å². The van der Waals surface area contributed by atoms with Gasteiger partial charge in [-0.05, 0) is 22.0 Å². The fraction of sp³-hybridized carbons (Fsp3) is 0. The van der Waals surface area contributed by atoms with Crippen LogP contribution in [0, 0.1) is 5.82 Å². The summed E-state index contributed by atoms with van der Waals surface area (Å²) in [7, 11) is 0. The van der Waals surface area contributed by atoms with Gasteiger partial charge in [0.15, 0.2) is 5.82 Å². The molecule has 2 nitrogen and oxygen atoms in total. The molecule has 0 aliphatic heterocycles. The van der Waals surface area contributed by atoms with E-state index in [1.165, 1.54) is 12.3 Å². The lowest BCUT2D eigenvalue weighted by Gasteiger charge is -2.00. The predicted molar refractivity (Wildman–Crippen MR) is 52.2 cm³/mol. The Morgan fingerprint density at radius 2 is 2.08 bits per heavy atom. The molecule has 0 fully saturated rings. The summed E-state index contributed by atoms with van der Waals surface area (Å²) in [6.07, 6.45) is 2.58. The quantitative estimate of drug-likeness (QED) is 0.681. The van der Waals surface area contributed by atoms with Crippen LogP contribution in [0.1, 0.15) is 0 Å². The Kier molecular flexibility index (Phi) is 2.17. The average Bonchev–Trinajstić information content (AvgIpc) is 2.12. The van der Waals surface area contributed by atoms with Crippen LogP contribution in [0.3, 0.4) is 0 Å². The molecule has 0 N–H and O–H groups in total. The minimum absolute atomic E-state index is 0.370. The molecule has 0 unspecified atom stereocenters. The Labute approximate surface area is 86.9 Å². The van der Waals surface area contributed by atoms with Crippen molar-refractivity contribution < 1.29 is 4.39 Å². The van der Waals surface area contributed by atoms with Crippen molar-refractivity contribution in [3.63, 3.8) is 0 Å². The van der Waals surface area contributed by atoms with E-state index in [0.29, 0.717) is 20.5 Å². The van der Waals surface area contributed by atoms with Gasteiger partial charge in [-0.25, -0.2) is 9.37 Å². The van der Waals surface area contributed by atoms with Gasteiger partial charge in [0.05, 0.1) is 11.2 Å². The maximum Gasteiger partial charge on any atom is 0.151 e. The average molecular weight is 261 g/mol. The molecule has 0 saturated heterocycles. The summed E-state index contributed by atoms with van der Waals surface area (Å²) in [5.74, 6) is -0.423. The van der Waals surface area contributed by atoms with Gasteiger partial charge in [-0.2, -0.15) is 0 Å². The zero-order valence-electron chi connectivity index (χ0n) is 6.26. The van der Waals surface area contributed by atoms with Crippen LogP contribution in [0.5, 0.6) is 0 Å². The van der Waals surface area contributed by atoms with Crippen LogP contribution < -0.4 is 0 Å². The first kappa shape index (κ1) is 8.84. The van der Waals surface area contributed by atoms with Crippen molar-refractivity contribution in [1.29, 1.82) is 0 Å². The van der Waals surface area contributed by atoms with Crippen molar-refractivity contribution in [2.45, 2.75) is 0 Å². The lowest BCUT2D eigenvalue weighted by molar-refractivity contribution is 0.633. The number of nitrogens with zero attached hydrogens (tertiary/aromatic N) is 2. The van der Waals surface area contributed by atoms with E-state index in [2.05, 4.69) is 25.9 Å². The third-order valence-electron chi connectivity index (χ3n) is 1.60. The number of pyridine rings is 2. The van der Waals surface area contributed by atoms with Gasteiger partial charge in [-0.3, -0.25) is 4.98 Å². The third-order valence-corrected chi connectivity index (χ3v) is 2.39. The summed E-state index contributed by atoms with van der Waals surface area (Å²) in [5, 5.41) is 0.777. The molecule has 13 heavy (non-hydrogen) atoms. The Hall–Kier alpha value is -0.740. The molecule has 2 rings (SSSR count). The van der Waals surface area contributed by atoms with Crippen molar-refractivity contribution in [3.8, 4) is 0 Å². The van der Waals surface area contributed by atoms with Gasteiger partial charge in [0.1, 0.15) is 10.1 Å². The highest BCUT2D eigenvalue weighted by Gasteiger charge is 2.06. The van der Waals surface area contributed by atoms with E-state index < -0.39 is 5.82 Å². The number of rotatable bonds is 0. The lowest BCUT2D eigenvalue weighted by atomic mass is 10.2. The predicted octanol–water partition coefficient (Wildman–Crippen LogP) is 3.18. The maximum atomic E-state index is 13.2. The smallest absolute Gasteiger partial charge is 0.151 e. The number of hydrogen-bond acceptors (Lipinski definition) is 2. The van der Waals surface area contributed by atoms with Crippen molar-refractivity contribution in [3.05, 3.63) is 33.9 Å². The standard InChI is InChI=1S/C8H3BrClFN2/c9-8-7-5(6(11)3-13-8)1-4(10)2-12-7/h1-3H. The molecule has 5 heteroatoms. The van der Waals surface area contributed by atoms with Crippen LogP contribution in [0.2, 0.25) is 5.02 Å². The van der Waals surface area contributed by atoms with Crippen LogP contribution in [0.15, 0.2) is 23.1 Å². The molecule has 2 aromatic heterocycles. The Balaban J connectivity index is 2.92. The monoisotopic (exact) mass is 260 g/mol. The molecule has 0 aliphatic carbocycles. The van der Waals surface area contributed by atoms with Gasteiger partial charge in [-0.15, -0.1) is 0 Å². The second kappa shape index (κ2) is 3.20. The Bertz CT molecular complexity index is 475. The first-order chi connectivity index (χ1) is 6.18. The molecule has 0 aliphatic rings. The summed E-state index contributed by atoms with van der Waals surface area (Å²) in [4.78, 5) is 7.73. The summed E-state index contributed by atoms with van der Waals surface area (Å²) in [5.41, 5.74) is 0.476. The number of halogens is 3. The van der Waals surface area contributed by atoms with E-state index in [-0.39, 0.29) is 0 Å². The molecule has 0 spiro atoms. The second-order valence-corrected chi connectivity index (χ2v) is 3.63. The summed E-state index contributed by atoms with van der Waals surface area (Å²) in [6, 6.07) is 1.52. The summed E-state index contributed by atoms with van der Waals surface area (Å²) >= 11 is 8.85. The van der Waals surface area contributed by atoms with Crippen molar-refractivity contribution in [2.75, 3.05) is 0 Å². The van der Waals surface area contributed by atoms with Gasteiger partial charge in [0.2, 0.25) is 0 Å². The summed E-state index contributed by atoms with van der Waals surface area (Å²) in [6.45, 7) is 0. The van der Waals surface area contributed by atoms with Crippen molar-refractivity contribution >= 4 is 38.4 Å². The van der Waals surface area contributed by atoms with E-state index >= 15 is 0 Å². The van der Waals surface area contributed by atoms with E-state index in [4.69, 9.17) is 11.6 Å². The van der Waals surface area contributed by atoms with Crippen molar-refractivity contribution in [1.82, 2.24) is 9.97 Å². The molecule has 2 aromatic rings. The molecule has 0 atom stereocenters. The molecule has 0 bridgehead atoms. The van der Waals surface area contributed by atoms with E-state index in [0.717, 1.165) is 6.20 Å². The third kappa shape index (κ3) is 1.51.